The molecule has 1 fully saturated rings. The number of halogens is 1. The largest absolute Gasteiger partial charge is 0.240 e. The van der Waals surface area contributed by atoms with Gasteiger partial charge in [-0.15, -0.1) is 11.3 Å². The molecule has 2 aromatic rings. The van der Waals surface area contributed by atoms with Crippen LogP contribution in [0.4, 0.5) is 0 Å². The fourth-order valence-electron chi connectivity index (χ4n) is 1.40. The van der Waals surface area contributed by atoms with Crippen LogP contribution in [-0.4, -0.2) is 15.0 Å². The normalized spacial score (nSPS) is 15.5. The van der Waals surface area contributed by atoms with Gasteiger partial charge in [-0.05, 0) is 28.8 Å². The van der Waals surface area contributed by atoms with E-state index in [1.54, 1.807) is 11.3 Å². The van der Waals surface area contributed by atoms with Crippen LogP contribution in [0.2, 0.25) is 0 Å². The molecule has 0 aliphatic heterocycles. The molecule has 0 atom stereocenters. The van der Waals surface area contributed by atoms with E-state index in [-0.39, 0.29) is 0 Å². The second-order valence-corrected chi connectivity index (χ2v) is 5.89. The first-order chi connectivity index (χ1) is 7.33. The lowest BCUT2D eigenvalue weighted by atomic mass is 10.3. The van der Waals surface area contributed by atoms with Crippen molar-refractivity contribution in [3.8, 4) is 10.4 Å². The molecule has 1 saturated carbocycles. The van der Waals surface area contributed by atoms with Crippen molar-refractivity contribution in [2.45, 2.75) is 18.8 Å². The van der Waals surface area contributed by atoms with Crippen LogP contribution in [0.25, 0.3) is 10.4 Å². The molecule has 0 radical (unpaired) electrons. The van der Waals surface area contributed by atoms with Crippen molar-refractivity contribution in [1.29, 1.82) is 0 Å². The van der Waals surface area contributed by atoms with Crippen LogP contribution in [0.1, 0.15) is 24.6 Å². The molecule has 15 heavy (non-hydrogen) atoms. The average molecular weight is 282 g/mol. The zero-order valence-corrected chi connectivity index (χ0v) is 10.3. The van der Waals surface area contributed by atoms with Crippen molar-refractivity contribution in [2.24, 2.45) is 0 Å². The van der Waals surface area contributed by atoms with Crippen molar-refractivity contribution < 1.29 is 0 Å². The fraction of sp³-hybridized carbons (Fsp3) is 0.300. The van der Waals surface area contributed by atoms with E-state index in [1.807, 2.05) is 18.6 Å². The molecule has 0 spiro atoms. The monoisotopic (exact) mass is 281 g/mol. The number of thiazole rings is 1. The average Bonchev–Trinajstić information content (AvgIpc) is 3.02. The van der Waals surface area contributed by atoms with Gasteiger partial charge >= 0.3 is 0 Å². The highest BCUT2D eigenvalue weighted by atomic mass is 79.9. The molecule has 3 nitrogen and oxygen atoms in total. The first kappa shape index (κ1) is 9.42. The minimum absolute atomic E-state index is 0.618. The van der Waals surface area contributed by atoms with Gasteiger partial charge in [-0.2, -0.15) is 0 Å². The number of aromatic nitrogens is 3. The minimum Gasteiger partial charge on any atom is -0.240 e. The van der Waals surface area contributed by atoms with E-state index in [0.717, 1.165) is 20.2 Å². The van der Waals surface area contributed by atoms with Crippen molar-refractivity contribution >= 4 is 27.3 Å². The maximum Gasteiger partial charge on any atom is 0.159 e. The molecule has 76 valence electrons. The second-order valence-electron chi connectivity index (χ2n) is 3.58. The quantitative estimate of drug-likeness (QED) is 0.848. The van der Waals surface area contributed by atoms with Gasteiger partial charge in [0.2, 0.25) is 0 Å². The molecular weight excluding hydrogens is 274 g/mol. The summed E-state index contributed by atoms with van der Waals surface area (Å²) < 4.78 is 0.892. The van der Waals surface area contributed by atoms with E-state index in [9.17, 15) is 0 Å². The summed E-state index contributed by atoms with van der Waals surface area (Å²) in [4.78, 5) is 14.0. The van der Waals surface area contributed by atoms with Crippen LogP contribution >= 0.6 is 27.3 Å². The lowest BCUT2D eigenvalue weighted by Gasteiger charge is -1.97. The van der Waals surface area contributed by atoms with Crippen molar-refractivity contribution in [1.82, 2.24) is 15.0 Å². The van der Waals surface area contributed by atoms with Gasteiger partial charge in [-0.1, -0.05) is 0 Å². The maximum atomic E-state index is 4.38. The first-order valence-electron chi connectivity index (χ1n) is 4.76. The molecule has 0 bridgehead atoms. The lowest BCUT2D eigenvalue weighted by molar-refractivity contribution is 0.929. The Morgan fingerprint density at radius 1 is 1.13 bits per heavy atom. The van der Waals surface area contributed by atoms with E-state index >= 15 is 0 Å². The molecule has 0 amide bonds. The van der Waals surface area contributed by atoms with Gasteiger partial charge in [-0.3, -0.25) is 0 Å². The Morgan fingerprint density at radius 3 is 2.40 bits per heavy atom. The molecule has 0 saturated heterocycles. The van der Waals surface area contributed by atoms with Gasteiger partial charge in [0.1, 0.15) is 5.82 Å². The summed E-state index contributed by atoms with van der Waals surface area (Å²) >= 11 is 4.94. The third-order valence-corrected chi connectivity index (χ3v) is 3.90. The number of rotatable bonds is 2. The summed E-state index contributed by atoms with van der Waals surface area (Å²) in [5, 5.41) is 0. The topological polar surface area (TPSA) is 38.7 Å². The minimum atomic E-state index is 0.618. The van der Waals surface area contributed by atoms with E-state index in [0.29, 0.717) is 5.92 Å². The SMILES string of the molecule is Brc1ncc(-c2cnc(C3CC3)nc2)s1. The number of nitrogens with zero attached hydrogens (tertiary/aromatic N) is 3. The predicted octanol–water partition coefficient (Wildman–Crippen LogP) is 3.24. The molecule has 5 heteroatoms. The Bertz CT molecular complexity index is 476. The maximum absolute atomic E-state index is 4.38. The van der Waals surface area contributed by atoms with Crippen molar-refractivity contribution in [3.05, 3.63) is 28.3 Å². The summed E-state index contributed by atoms with van der Waals surface area (Å²) in [6, 6.07) is 0. The summed E-state index contributed by atoms with van der Waals surface area (Å²) in [5.74, 6) is 1.61. The summed E-state index contributed by atoms with van der Waals surface area (Å²) in [6.45, 7) is 0. The highest BCUT2D eigenvalue weighted by Crippen LogP contribution is 2.38. The summed E-state index contributed by atoms with van der Waals surface area (Å²) in [7, 11) is 0. The van der Waals surface area contributed by atoms with Gasteiger partial charge in [0.05, 0.1) is 4.88 Å². The van der Waals surface area contributed by atoms with Crippen LogP contribution in [-0.2, 0) is 0 Å². The van der Waals surface area contributed by atoms with Gasteiger partial charge < -0.3 is 0 Å². The van der Waals surface area contributed by atoms with Gasteiger partial charge in [-0.25, -0.2) is 15.0 Å². The Hall–Kier alpha value is -0.810. The van der Waals surface area contributed by atoms with E-state index in [1.165, 1.54) is 12.8 Å². The Morgan fingerprint density at radius 2 is 1.87 bits per heavy atom. The molecular formula is C10H8BrN3S. The molecule has 1 aliphatic carbocycles. The smallest absolute Gasteiger partial charge is 0.159 e. The van der Waals surface area contributed by atoms with Crippen molar-refractivity contribution in [2.75, 3.05) is 0 Å². The third kappa shape index (κ3) is 1.94. The van der Waals surface area contributed by atoms with Gasteiger partial charge in [0.25, 0.3) is 0 Å². The zero-order chi connectivity index (χ0) is 10.3. The van der Waals surface area contributed by atoms with Crippen molar-refractivity contribution in [3.63, 3.8) is 0 Å². The van der Waals surface area contributed by atoms with Crippen LogP contribution in [0.5, 0.6) is 0 Å². The lowest BCUT2D eigenvalue weighted by Crippen LogP contribution is -1.90. The molecule has 3 rings (SSSR count). The van der Waals surface area contributed by atoms with Crippen LogP contribution in [0.15, 0.2) is 22.5 Å². The van der Waals surface area contributed by atoms with E-state index in [4.69, 9.17) is 0 Å². The standard InChI is InChI=1S/C10H8BrN3S/c11-10-14-5-8(15-10)7-3-12-9(13-4-7)6-1-2-6/h3-6H,1-2H2. The van der Waals surface area contributed by atoms with Crippen LogP contribution in [0, 0.1) is 0 Å². The summed E-state index contributed by atoms with van der Waals surface area (Å²) in [5.41, 5.74) is 1.04. The van der Waals surface area contributed by atoms with Crippen LogP contribution < -0.4 is 0 Å². The van der Waals surface area contributed by atoms with Crippen LogP contribution in [0.3, 0.4) is 0 Å². The van der Waals surface area contributed by atoms with Gasteiger partial charge in [0, 0.05) is 30.1 Å². The first-order valence-corrected chi connectivity index (χ1v) is 6.37. The molecule has 2 aromatic heterocycles. The predicted molar refractivity (Wildman–Crippen MR) is 62.8 cm³/mol. The van der Waals surface area contributed by atoms with E-state index < -0.39 is 0 Å². The van der Waals surface area contributed by atoms with E-state index in [2.05, 4.69) is 30.9 Å². The molecule has 0 N–H and O–H groups in total. The molecule has 1 aliphatic rings. The third-order valence-electron chi connectivity index (χ3n) is 2.38. The summed E-state index contributed by atoms with van der Waals surface area (Å²) in [6.07, 6.45) is 8.10. The highest BCUT2D eigenvalue weighted by Gasteiger charge is 2.26. The zero-order valence-electron chi connectivity index (χ0n) is 7.85. The fourth-order valence-corrected chi connectivity index (χ4v) is 2.64. The second kappa shape index (κ2) is 3.64. The Kier molecular flexibility index (Phi) is 2.29. The molecule has 0 unspecified atom stereocenters. The number of hydrogen-bond acceptors (Lipinski definition) is 4. The molecule has 0 aromatic carbocycles. The number of hydrogen-bond donors (Lipinski definition) is 0. The highest BCUT2D eigenvalue weighted by molar-refractivity contribution is 9.11. The van der Waals surface area contributed by atoms with Gasteiger partial charge in [0.15, 0.2) is 3.92 Å². The molecule has 2 heterocycles. The Labute approximate surface area is 99.7 Å². The Balaban J connectivity index is 1.92.